The Balaban J connectivity index is 2.66. The molecular weight excluding hydrogens is 596 g/mol. The van der Waals surface area contributed by atoms with Gasteiger partial charge in [0.25, 0.3) is 0 Å². The molecule has 0 radical (unpaired) electrons. The zero-order valence-electron chi connectivity index (χ0n) is 25.6. The molecule has 0 bridgehead atoms. The lowest BCUT2D eigenvalue weighted by Gasteiger charge is -2.48. The Hall–Kier alpha value is -3.83. The number of ether oxygens (including phenoxy) is 10. The summed E-state index contributed by atoms with van der Waals surface area (Å²) in [5.74, 6) is -5.55. The normalized spacial score (nSPS) is 31.5. The van der Waals surface area contributed by atoms with Crippen LogP contribution in [0.3, 0.4) is 0 Å². The number of rotatable bonds is 11. The van der Waals surface area contributed by atoms with Gasteiger partial charge < -0.3 is 47.4 Å². The molecule has 2 saturated heterocycles. The highest BCUT2D eigenvalue weighted by Crippen LogP contribution is 2.35. The van der Waals surface area contributed by atoms with Crippen LogP contribution in [0.4, 0.5) is 0 Å². The summed E-state index contributed by atoms with van der Waals surface area (Å²) in [6.45, 7) is 8.22. The van der Waals surface area contributed by atoms with E-state index < -0.39 is 116 Å². The van der Waals surface area contributed by atoms with Crippen molar-refractivity contribution in [1.82, 2.24) is 0 Å². The fourth-order valence-corrected chi connectivity index (χ4v) is 4.73. The van der Waals surface area contributed by atoms with Crippen molar-refractivity contribution in [2.24, 2.45) is 0 Å². The first-order valence-electron chi connectivity index (χ1n) is 13.6. The first-order valence-corrected chi connectivity index (χ1v) is 13.6. The van der Waals surface area contributed by atoms with Gasteiger partial charge in [-0.2, -0.15) is 0 Å². The lowest BCUT2D eigenvalue weighted by molar-refractivity contribution is -0.344. The Morgan fingerprint density at radius 2 is 0.818 bits per heavy atom. The number of carbonyl (C=O) groups excluding carboxylic acids is 7. The van der Waals surface area contributed by atoms with E-state index in [0.29, 0.717) is 0 Å². The summed E-state index contributed by atoms with van der Waals surface area (Å²) in [6.07, 6.45) is -13.9. The van der Waals surface area contributed by atoms with Crippen molar-refractivity contribution in [3.8, 4) is 0 Å². The molecule has 10 atom stereocenters. The van der Waals surface area contributed by atoms with Crippen LogP contribution in [0.15, 0.2) is 0 Å². The lowest BCUT2D eigenvalue weighted by Crippen LogP contribution is -2.67. The highest BCUT2D eigenvalue weighted by molar-refractivity contribution is 5.69. The Morgan fingerprint density at radius 1 is 0.455 bits per heavy atom. The zero-order chi connectivity index (χ0) is 33.3. The molecule has 2 heterocycles. The average Bonchev–Trinajstić information content (AvgIpc) is 2.87. The molecule has 2 rings (SSSR count). The lowest BCUT2D eigenvalue weighted by atomic mass is 9.94. The van der Waals surface area contributed by atoms with Crippen LogP contribution in [0.1, 0.15) is 55.4 Å². The third-order valence-electron chi connectivity index (χ3n) is 6.16. The Bertz CT molecular complexity index is 1090. The van der Waals surface area contributed by atoms with Gasteiger partial charge in [0.2, 0.25) is 0 Å². The van der Waals surface area contributed by atoms with E-state index in [-0.39, 0.29) is 0 Å². The maximum absolute atomic E-state index is 12.2. The summed E-state index contributed by atoms with van der Waals surface area (Å²) in [4.78, 5) is 83.8. The topological polar surface area (TPSA) is 212 Å². The highest BCUT2D eigenvalue weighted by Gasteiger charge is 2.57. The van der Waals surface area contributed by atoms with Crippen molar-refractivity contribution < 1.29 is 80.9 Å². The fourth-order valence-electron chi connectivity index (χ4n) is 4.73. The smallest absolute Gasteiger partial charge is 0.303 e. The second-order valence-electron chi connectivity index (χ2n) is 10.00. The quantitative estimate of drug-likeness (QED) is 0.210. The van der Waals surface area contributed by atoms with Gasteiger partial charge in [0.05, 0.1) is 6.10 Å². The van der Waals surface area contributed by atoms with E-state index in [1.54, 1.807) is 0 Å². The second-order valence-corrected chi connectivity index (χ2v) is 10.00. The van der Waals surface area contributed by atoms with Crippen molar-refractivity contribution in [3.05, 3.63) is 0 Å². The predicted octanol–water partition coefficient (Wildman–Crippen LogP) is -0.331. The van der Waals surface area contributed by atoms with Crippen LogP contribution in [0, 0.1) is 0 Å². The third kappa shape index (κ3) is 10.7. The van der Waals surface area contributed by atoms with E-state index in [0.717, 1.165) is 48.5 Å². The molecule has 0 aromatic heterocycles. The molecule has 2 aliphatic heterocycles. The average molecular weight is 635 g/mol. The third-order valence-corrected chi connectivity index (χ3v) is 6.16. The maximum Gasteiger partial charge on any atom is 0.303 e. The van der Waals surface area contributed by atoms with Crippen LogP contribution >= 0.6 is 0 Å². The summed E-state index contributed by atoms with van der Waals surface area (Å²) in [7, 11) is 0. The molecule has 2 fully saturated rings. The molecule has 0 aromatic rings. The molecule has 17 heteroatoms. The largest absolute Gasteiger partial charge is 0.463 e. The number of carbonyl (C=O) groups is 7. The zero-order valence-corrected chi connectivity index (χ0v) is 25.6. The molecule has 0 N–H and O–H groups in total. The minimum atomic E-state index is -1.71. The molecule has 0 aliphatic carbocycles. The Labute approximate surface area is 252 Å². The molecule has 17 nitrogen and oxygen atoms in total. The maximum atomic E-state index is 12.2. The number of hydrogen-bond acceptors (Lipinski definition) is 17. The van der Waals surface area contributed by atoms with E-state index in [1.807, 2.05) is 0 Å². The van der Waals surface area contributed by atoms with Crippen LogP contribution < -0.4 is 0 Å². The Morgan fingerprint density at radius 3 is 1.25 bits per heavy atom. The van der Waals surface area contributed by atoms with Crippen LogP contribution in [0.5, 0.6) is 0 Å². The summed E-state index contributed by atoms with van der Waals surface area (Å²) in [6, 6.07) is 0. The first kappa shape index (κ1) is 36.4. The van der Waals surface area contributed by atoms with Gasteiger partial charge in [0, 0.05) is 48.5 Å². The van der Waals surface area contributed by atoms with Gasteiger partial charge in [-0.25, -0.2) is 0 Å². The van der Waals surface area contributed by atoms with Crippen LogP contribution in [0.2, 0.25) is 0 Å². The minimum Gasteiger partial charge on any atom is -0.463 e. The molecule has 0 amide bonds. The van der Waals surface area contributed by atoms with Crippen molar-refractivity contribution in [2.45, 2.75) is 117 Å². The number of hydrogen-bond donors (Lipinski definition) is 0. The summed E-state index contributed by atoms with van der Waals surface area (Å²) < 4.78 is 55.4. The SMILES string of the molecule is CC(=O)OC[C@H]1O[C@@H](O[C@@H]2[C@@H](OC(C)=O)[C@H](C)O[C@H](COC(C)=O)[C@H]2OC(C)=O)[C@H](OC(C)=O)[C@@H](OC(C)=O)[C@H]1OC(C)=O. The molecule has 44 heavy (non-hydrogen) atoms. The van der Waals surface area contributed by atoms with Gasteiger partial charge >= 0.3 is 41.8 Å². The standard InChI is InChI=1S/C27H38O17/c1-11-21(38-14(4)30)24(22(39-15(5)31)19(37-11)9-35-12(2)28)44-27-26(42-18(8)34)25(41-17(7)33)23(40-16(6)32)20(43-27)10-36-13(3)29/h11,19-27H,9-10H2,1-8H3/t11-,19+,20+,21-,22+,23-,24+,25-,26+,27-/m0/s1. The van der Waals surface area contributed by atoms with Gasteiger partial charge in [-0.3, -0.25) is 33.6 Å². The van der Waals surface area contributed by atoms with E-state index in [1.165, 1.54) is 6.92 Å². The molecule has 248 valence electrons. The van der Waals surface area contributed by atoms with Crippen molar-refractivity contribution >= 4 is 41.8 Å². The van der Waals surface area contributed by atoms with Gasteiger partial charge in [0.15, 0.2) is 36.8 Å². The van der Waals surface area contributed by atoms with E-state index in [2.05, 4.69) is 0 Å². The molecule has 0 aromatic carbocycles. The molecule has 0 saturated carbocycles. The van der Waals surface area contributed by atoms with Crippen LogP contribution in [-0.2, 0) is 80.9 Å². The molecule has 2 aliphatic rings. The van der Waals surface area contributed by atoms with Gasteiger partial charge in [-0.05, 0) is 6.92 Å². The molecule has 0 unspecified atom stereocenters. The van der Waals surface area contributed by atoms with E-state index in [9.17, 15) is 33.6 Å². The summed E-state index contributed by atoms with van der Waals surface area (Å²) >= 11 is 0. The molecular formula is C27H38O17. The minimum absolute atomic E-state index is 0.400. The van der Waals surface area contributed by atoms with Crippen molar-refractivity contribution in [3.63, 3.8) is 0 Å². The van der Waals surface area contributed by atoms with Crippen LogP contribution in [-0.4, -0.2) is 116 Å². The second kappa shape index (κ2) is 16.3. The van der Waals surface area contributed by atoms with Crippen LogP contribution in [0.25, 0.3) is 0 Å². The van der Waals surface area contributed by atoms with E-state index in [4.69, 9.17) is 47.4 Å². The Kier molecular flexibility index (Phi) is 13.5. The van der Waals surface area contributed by atoms with Crippen molar-refractivity contribution in [1.29, 1.82) is 0 Å². The fraction of sp³-hybridized carbons (Fsp3) is 0.741. The predicted molar refractivity (Wildman–Crippen MR) is 139 cm³/mol. The van der Waals surface area contributed by atoms with Crippen molar-refractivity contribution in [2.75, 3.05) is 13.2 Å². The summed E-state index contributed by atoms with van der Waals surface area (Å²) in [5, 5.41) is 0. The first-order chi connectivity index (χ1) is 20.5. The van der Waals surface area contributed by atoms with Gasteiger partial charge in [0.1, 0.15) is 31.5 Å². The molecule has 0 spiro atoms. The summed E-state index contributed by atoms with van der Waals surface area (Å²) in [5.41, 5.74) is 0. The monoisotopic (exact) mass is 634 g/mol. The van der Waals surface area contributed by atoms with Gasteiger partial charge in [-0.1, -0.05) is 0 Å². The van der Waals surface area contributed by atoms with E-state index >= 15 is 0 Å². The number of esters is 7. The van der Waals surface area contributed by atoms with Gasteiger partial charge in [-0.15, -0.1) is 0 Å². The highest BCUT2D eigenvalue weighted by atomic mass is 16.8.